The Bertz CT molecular complexity index is 195. The minimum atomic E-state index is 0.506. The van der Waals surface area contributed by atoms with Crippen LogP contribution >= 0.6 is 0 Å². The molecule has 0 aromatic carbocycles. The van der Waals surface area contributed by atoms with Gasteiger partial charge in [-0.15, -0.1) is 0 Å². The number of piperidine rings is 1. The zero-order chi connectivity index (χ0) is 9.90. The van der Waals surface area contributed by atoms with Gasteiger partial charge in [0.05, 0.1) is 12.6 Å². The molecule has 0 atom stereocenters. The number of nitrogens with zero attached hydrogens (tertiary/aromatic N) is 2. The zero-order valence-corrected chi connectivity index (χ0v) is 9.01. The average Bonchev–Trinajstić information content (AvgIpc) is 2.09. The van der Waals surface area contributed by atoms with Gasteiger partial charge in [0.2, 0.25) is 0 Å². The fraction of sp³-hybridized carbons (Fsp3) is 0.909. The quantitative estimate of drug-likeness (QED) is 0.609. The van der Waals surface area contributed by atoms with E-state index in [1.807, 2.05) is 0 Å². The Labute approximate surface area is 81.5 Å². The minimum Gasteiger partial charge on any atom is -0.291 e. The second-order valence-electron chi connectivity index (χ2n) is 4.74. The summed E-state index contributed by atoms with van der Waals surface area (Å²) in [5, 5.41) is 8.57. The molecule has 0 unspecified atom stereocenters. The van der Waals surface area contributed by atoms with Crippen molar-refractivity contribution in [3.8, 4) is 6.07 Å². The van der Waals surface area contributed by atoms with Gasteiger partial charge in [0.15, 0.2) is 0 Å². The van der Waals surface area contributed by atoms with Crippen LogP contribution in [0.1, 0.15) is 33.6 Å². The van der Waals surface area contributed by atoms with Gasteiger partial charge < -0.3 is 0 Å². The fourth-order valence-electron chi connectivity index (χ4n) is 1.90. The van der Waals surface area contributed by atoms with Crippen molar-refractivity contribution in [3.63, 3.8) is 0 Å². The number of hydrogen-bond donors (Lipinski definition) is 0. The van der Waals surface area contributed by atoms with Crippen LogP contribution in [0.4, 0.5) is 0 Å². The molecule has 13 heavy (non-hydrogen) atoms. The molecule has 0 radical (unpaired) electrons. The van der Waals surface area contributed by atoms with Crippen molar-refractivity contribution < 1.29 is 0 Å². The first-order valence-electron chi connectivity index (χ1n) is 5.18. The maximum absolute atomic E-state index is 8.57. The van der Waals surface area contributed by atoms with Crippen molar-refractivity contribution in [2.45, 2.75) is 33.6 Å². The molecule has 2 heteroatoms. The van der Waals surface area contributed by atoms with Crippen LogP contribution in [0.25, 0.3) is 0 Å². The molecule has 0 spiro atoms. The molecule has 0 aromatic rings. The minimum absolute atomic E-state index is 0.506. The van der Waals surface area contributed by atoms with Crippen LogP contribution in [-0.2, 0) is 0 Å². The lowest BCUT2D eigenvalue weighted by Gasteiger charge is -2.41. The molecule has 0 saturated carbocycles. The second-order valence-corrected chi connectivity index (χ2v) is 4.74. The molecule has 0 amide bonds. The van der Waals surface area contributed by atoms with E-state index < -0.39 is 0 Å². The summed E-state index contributed by atoms with van der Waals surface area (Å²) in [4.78, 5) is 2.25. The fourth-order valence-corrected chi connectivity index (χ4v) is 1.90. The molecular formula is C11H20N2. The van der Waals surface area contributed by atoms with Crippen molar-refractivity contribution in [3.05, 3.63) is 0 Å². The zero-order valence-electron chi connectivity index (χ0n) is 9.01. The van der Waals surface area contributed by atoms with Gasteiger partial charge in [0.1, 0.15) is 0 Å². The van der Waals surface area contributed by atoms with Crippen LogP contribution in [0.15, 0.2) is 0 Å². The van der Waals surface area contributed by atoms with E-state index in [9.17, 15) is 0 Å². The first-order chi connectivity index (χ1) is 6.08. The van der Waals surface area contributed by atoms with Crippen LogP contribution in [0.3, 0.4) is 0 Å². The molecule has 0 bridgehead atoms. The maximum Gasteiger partial charge on any atom is 0.0865 e. The van der Waals surface area contributed by atoms with E-state index in [0.717, 1.165) is 19.0 Å². The van der Waals surface area contributed by atoms with E-state index in [0.29, 0.717) is 12.0 Å². The second kappa shape index (κ2) is 4.11. The average molecular weight is 180 g/mol. The summed E-state index contributed by atoms with van der Waals surface area (Å²) >= 11 is 0. The predicted octanol–water partition coefficient (Wildman–Crippen LogP) is 2.27. The van der Waals surface area contributed by atoms with Crippen molar-refractivity contribution in [2.24, 2.45) is 11.3 Å². The van der Waals surface area contributed by atoms with Crippen molar-refractivity contribution in [1.29, 1.82) is 5.26 Å². The highest BCUT2D eigenvalue weighted by atomic mass is 15.1. The Balaban J connectivity index is 2.43. The van der Waals surface area contributed by atoms with Crippen molar-refractivity contribution in [1.82, 2.24) is 4.90 Å². The number of rotatable bonds is 2. The molecule has 2 nitrogen and oxygen atoms in total. The SMILES string of the molecule is CC(C)C1(C)CCN(CC#N)CC1. The van der Waals surface area contributed by atoms with Crippen LogP contribution < -0.4 is 0 Å². The van der Waals surface area contributed by atoms with Crippen LogP contribution in [0.2, 0.25) is 0 Å². The Morgan fingerprint density at radius 2 is 1.92 bits per heavy atom. The topological polar surface area (TPSA) is 27.0 Å². The summed E-state index contributed by atoms with van der Waals surface area (Å²) in [5.74, 6) is 0.761. The van der Waals surface area contributed by atoms with Gasteiger partial charge in [-0.2, -0.15) is 5.26 Å². The van der Waals surface area contributed by atoms with Crippen LogP contribution in [0.5, 0.6) is 0 Å². The molecular weight excluding hydrogens is 160 g/mol. The first kappa shape index (κ1) is 10.5. The summed E-state index contributed by atoms with van der Waals surface area (Å²) < 4.78 is 0. The van der Waals surface area contributed by atoms with E-state index in [1.54, 1.807) is 0 Å². The number of hydrogen-bond acceptors (Lipinski definition) is 2. The highest BCUT2D eigenvalue weighted by Crippen LogP contribution is 2.37. The number of likely N-dealkylation sites (tertiary alicyclic amines) is 1. The lowest BCUT2D eigenvalue weighted by Crippen LogP contribution is -2.41. The normalized spacial score (nSPS) is 23.0. The number of nitriles is 1. The highest BCUT2D eigenvalue weighted by Gasteiger charge is 2.32. The van der Waals surface area contributed by atoms with Gasteiger partial charge >= 0.3 is 0 Å². The molecule has 1 aliphatic rings. The molecule has 1 aliphatic heterocycles. The van der Waals surface area contributed by atoms with Gasteiger partial charge in [-0.1, -0.05) is 20.8 Å². The molecule has 0 aliphatic carbocycles. The third kappa shape index (κ3) is 2.45. The maximum atomic E-state index is 8.57. The van der Waals surface area contributed by atoms with Gasteiger partial charge in [0.25, 0.3) is 0 Å². The molecule has 1 fully saturated rings. The van der Waals surface area contributed by atoms with Gasteiger partial charge in [-0.25, -0.2) is 0 Å². The Kier molecular flexibility index (Phi) is 3.33. The summed E-state index contributed by atoms with van der Waals surface area (Å²) in [6.07, 6.45) is 2.48. The van der Waals surface area contributed by atoms with Crippen LogP contribution in [0, 0.1) is 22.7 Å². The first-order valence-corrected chi connectivity index (χ1v) is 5.18. The molecule has 1 heterocycles. The standard InChI is InChI=1S/C11H20N2/c1-10(2)11(3)4-7-13(8-5-11)9-6-12/h10H,4-5,7-9H2,1-3H3. The van der Waals surface area contributed by atoms with E-state index in [1.165, 1.54) is 12.8 Å². The van der Waals surface area contributed by atoms with E-state index in [2.05, 4.69) is 31.7 Å². The molecule has 1 saturated heterocycles. The molecule has 74 valence electrons. The molecule has 0 N–H and O–H groups in total. The van der Waals surface area contributed by atoms with Crippen molar-refractivity contribution in [2.75, 3.05) is 19.6 Å². The molecule has 1 rings (SSSR count). The van der Waals surface area contributed by atoms with E-state index >= 15 is 0 Å². The Morgan fingerprint density at radius 3 is 2.31 bits per heavy atom. The van der Waals surface area contributed by atoms with E-state index in [-0.39, 0.29) is 0 Å². The summed E-state index contributed by atoms with van der Waals surface area (Å²) in [6.45, 7) is 9.79. The van der Waals surface area contributed by atoms with Gasteiger partial charge in [0, 0.05) is 0 Å². The largest absolute Gasteiger partial charge is 0.291 e. The summed E-state index contributed by atoms with van der Waals surface area (Å²) in [7, 11) is 0. The smallest absolute Gasteiger partial charge is 0.0865 e. The van der Waals surface area contributed by atoms with E-state index in [4.69, 9.17) is 5.26 Å². The van der Waals surface area contributed by atoms with Gasteiger partial charge in [-0.3, -0.25) is 4.90 Å². The molecule has 0 aromatic heterocycles. The van der Waals surface area contributed by atoms with Gasteiger partial charge in [-0.05, 0) is 37.3 Å². The lowest BCUT2D eigenvalue weighted by molar-refractivity contribution is 0.0858. The lowest BCUT2D eigenvalue weighted by atomic mass is 9.72. The Morgan fingerprint density at radius 1 is 1.38 bits per heavy atom. The van der Waals surface area contributed by atoms with Crippen molar-refractivity contribution >= 4 is 0 Å². The van der Waals surface area contributed by atoms with Crippen LogP contribution in [-0.4, -0.2) is 24.5 Å². The Hall–Kier alpha value is -0.550. The predicted molar refractivity (Wildman–Crippen MR) is 54.2 cm³/mol. The monoisotopic (exact) mass is 180 g/mol. The third-order valence-electron chi connectivity index (χ3n) is 3.69. The highest BCUT2D eigenvalue weighted by molar-refractivity contribution is 4.87. The summed E-state index contributed by atoms with van der Waals surface area (Å²) in [5.41, 5.74) is 0.506. The third-order valence-corrected chi connectivity index (χ3v) is 3.69. The summed E-state index contributed by atoms with van der Waals surface area (Å²) in [6, 6.07) is 2.22.